The first-order chi connectivity index (χ1) is 12.0. The number of thiophene rings is 1. The highest BCUT2D eigenvalue weighted by molar-refractivity contribution is 14.0. The number of carbonyl (C=O) groups excluding carboxylic acids is 1. The van der Waals surface area contributed by atoms with Gasteiger partial charge in [0.25, 0.3) is 0 Å². The summed E-state index contributed by atoms with van der Waals surface area (Å²) in [7, 11) is 5.48. The fraction of sp³-hybridized carbons (Fsp3) is 0.684. The van der Waals surface area contributed by atoms with E-state index in [4.69, 9.17) is 0 Å². The van der Waals surface area contributed by atoms with Gasteiger partial charge in [-0.1, -0.05) is 25.8 Å². The van der Waals surface area contributed by atoms with Crippen LogP contribution in [0, 0.1) is 11.3 Å². The van der Waals surface area contributed by atoms with Crippen molar-refractivity contribution in [3.8, 4) is 0 Å². The second-order valence-corrected chi connectivity index (χ2v) is 8.41. The van der Waals surface area contributed by atoms with Crippen molar-refractivity contribution in [3.63, 3.8) is 0 Å². The average Bonchev–Trinajstić information content (AvgIpc) is 3.26. The van der Waals surface area contributed by atoms with Crippen molar-refractivity contribution in [2.75, 3.05) is 34.2 Å². The second kappa shape index (κ2) is 11.1. The van der Waals surface area contributed by atoms with Gasteiger partial charge in [-0.05, 0) is 36.6 Å². The summed E-state index contributed by atoms with van der Waals surface area (Å²) in [6, 6.07) is 4.29. The molecule has 0 aliphatic heterocycles. The minimum absolute atomic E-state index is 0. The molecule has 0 bridgehead atoms. The number of carbonyl (C=O) groups is 1. The third-order valence-electron chi connectivity index (χ3n) is 4.99. The van der Waals surface area contributed by atoms with E-state index in [2.05, 4.69) is 40.1 Å². The fourth-order valence-corrected chi connectivity index (χ4v) is 4.45. The van der Waals surface area contributed by atoms with Crippen molar-refractivity contribution < 1.29 is 4.79 Å². The van der Waals surface area contributed by atoms with Gasteiger partial charge >= 0.3 is 0 Å². The topological polar surface area (TPSA) is 56.7 Å². The third-order valence-corrected chi connectivity index (χ3v) is 5.88. The number of nitrogens with zero attached hydrogens (tertiary/aromatic N) is 2. The molecule has 2 N–H and O–H groups in total. The molecule has 1 saturated carbocycles. The SMILES string of the molecule is CN=C(NCC(C)Cc1cccs1)NCC1(C(=O)N(C)C)CCCC1.I. The summed E-state index contributed by atoms with van der Waals surface area (Å²) in [6.07, 6.45) is 5.26. The van der Waals surface area contributed by atoms with Gasteiger partial charge in [-0.2, -0.15) is 0 Å². The highest BCUT2D eigenvalue weighted by atomic mass is 127. The minimum Gasteiger partial charge on any atom is -0.356 e. The summed E-state index contributed by atoms with van der Waals surface area (Å²) in [5.74, 6) is 1.55. The maximum Gasteiger partial charge on any atom is 0.230 e. The van der Waals surface area contributed by atoms with Crippen LogP contribution in [0.4, 0.5) is 0 Å². The van der Waals surface area contributed by atoms with Gasteiger partial charge in [0.2, 0.25) is 5.91 Å². The quantitative estimate of drug-likeness (QED) is 0.349. The van der Waals surface area contributed by atoms with Gasteiger partial charge in [-0.25, -0.2) is 0 Å². The van der Waals surface area contributed by atoms with Gasteiger partial charge in [-0.3, -0.25) is 9.79 Å². The number of rotatable bonds is 7. The van der Waals surface area contributed by atoms with Crippen LogP contribution in [-0.4, -0.2) is 51.0 Å². The van der Waals surface area contributed by atoms with E-state index in [9.17, 15) is 4.79 Å². The number of aliphatic imine (C=N–C) groups is 1. The van der Waals surface area contributed by atoms with Crippen molar-refractivity contribution >= 4 is 47.2 Å². The summed E-state index contributed by atoms with van der Waals surface area (Å²) < 4.78 is 0. The van der Waals surface area contributed by atoms with Gasteiger partial charge in [0.15, 0.2) is 5.96 Å². The van der Waals surface area contributed by atoms with Crippen LogP contribution in [-0.2, 0) is 11.2 Å². The number of nitrogens with one attached hydrogen (secondary N) is 2. The van der Waals surface area contributed by atoms with Crippen molar-refractivity contribution in [1.29, 1.82) is 0 Å². The summed E-state index contributed by atoms with van der Waals surface area (Å²) >= 11 is 1.81. The van der Waals surface area contributed by atoms with Gasteiger partial charge in [0.1, 0.15) is 0 Å². The van der Waals surface area contributed by atoms with Crippen LogP contribution in [0.5, 0.6) is 0 Å². The third kappa shape index (κ3) is 6.40. The lowest BCUT2D eigenvalue weighted by atomic mass is 9.84. The summed E-state index contributed by atoms with van der Waals surface area (Å²) in [6.45, 7) is 3.77. The molecule has 2 rings (SSSR count). The molecule has 1 unspecified atom stereocenters. The normalized spacial score (nSPS) is 17.3. The largest absolute Gasteiger partial charge is 0.356 e. The van der Waals surface area contributed by atoms with E-state index in [0.29, 0.717) is 12.5 Å². The average molecular weight is 492 g/mol. The number of halogens is 1. The molecule has 0 radical (unpaired) electrons. The molecule has 0 spiro atoms. The van der Waals surface area contributed by atoms with Crippen molar-refractivity contribution in [1.82, 2.24) is 15.5 Å². The maximum atomic E-state index is 12.6. The summed E-state index contributed by atoms with van der Waals surface area (Å²) in [5.41, 5.74) is -0.274. The molecule has 1 aliphatic rings. The molecule has 7 heteroatoms. The Bertz CT molecular complexity index is 568. The van der Waals surface area contributed by atoms with Gasteiger partial charge in [0.05, 0.1) is 5.41 Å². The Kier molecular flexibility index (Phi) is 9.92. The van der Waals surface area contributed by atoms with Crippen LogP contribution < -0.4 is 10.6 Å². The van der Waals surface area contributed by atoms with Crippen LogP contribution in [0.25, 0.3) is 0 Å². The Morgan fingerprint density at radius 1 is 1.35 bits per heavy atom. The summed E-state index contributed by atoms with van der Waals surface area (Å²) in [4.78, 5) is 20.1. The van der Waals surface area contributed by atoms with Gasteiger partial charge in [-0.15, -0.1) is 35.3 Å². The van der Waals surface area contributed by atoms with E-state index < -0.39 is 0 Å². The first kappa shape index (κ1) is 23.2. The number of hydrogen-bond acceptors (Lipinski definition) is 3. The minimum atomic E-state index is -0.274. The number of guanidine groups is 1. The monoisotopic (exact) mass is 492 g/mol. The van der Waals surface area contributed by atoms with Crippen LogP contribution in [0.3, 0.4) is 0 Å². The molecule has 1 aromatic heterocycles. The molecule has 1 heterocycles. The molecule has 0 saturated heterocycles. The zero-order valence-electron chi connectivity index (χ0n) is 16.4. The van der Waals surface area contributed by atoms with E-state index in [1.54, 1.807) is 11.9 Å². The molecule has 1 fully saturated rings. The highest BCUT2D eigenvalue weighted by Gasteiger charge is 2.42. The van der Waals surface area contributed by atoms with Crippen molar-refractivity contribution in [2.24, 2.45) is 16.3 Å². The fourth-order valence-electron chi connectivity index (χ4n) is 3.58. The zero-order valence-corrected chi connectivity index (χ0v) is 19.5. The maximum absolute atomic E-state index is 12.6. The van der Waals surface area contributed by atoms with Gasteiger partial charge < -0.3 is 15.5 Å². The molecular weight excluding hydrogens is 459 g/mol. The Morgan fingerprint density at radius 3 is 2.58 bits per heavy atom. The number of hydrogen-bond donors (Lipinski definition) is 2. The smallest absolute Gasteiger partial charge is 0.230 e. The molecule has 148 valence electrons. The van der Waals surface area contributed by atoms with Crippen LogP contribution >= 0.6 is 35.3 Å². The van der Waals surface area contributed by atoms with Crippen LogP contribution in [0.1, 0.15) is 37.5 Å². The van der Waals surface area contributed by atoms with Crippen LogP contribution in [0.15, 0.2) is 22.5 Å². The molecule has 1 atom stereocenters. The van der Waals surface area contributed by atoms with E-state index in [1.807, 2.05) is 25.4 Å². The lowest BCUT2D eigenvalue weighted by molar-refractivity contribution is -0.138. The molecule has 26 heavy (non-hydrogen) atoms. The highest BCUT2D eigenvalue weighted by Crippen LogP contribution is 2.38. The summed E-state index contributed by atoms with van der Waals surface area (Å²) in [5, 5.41) is 8.93. The molecule has 0 aromatic carbocycles. The molecule has 1 aliphatic carbocycles. The Labute approximate surface area is 179 Å². The lowest BCUT2D eigenvalue weighted by Crippen LogP contribution is -2.49. The zero-order chi connectivity index (χ0) is 18.3. The molecule has 1 amide bonds. The van der Waals surface area contributed by atoms with E-state index in [0.717, 1.165) is 44.6 Å². The lowest BCUT2D eigenvalue weighted by Gasteiger charge is -2.31. The first-order valence-electron chi connectivity index (χ1n) is 9.15. The predicted octanol–water partition coefficient (Wildman–Crippen LogP) is 3.36. The predicted molar refractivity (Wildman–Crippen MR) is 122 cm³/mol. The number of amides is 1. The second-order valence-electron chi connectivity index (χ2n) is 7.38. The standard InChI is InChI=1S/C19H32N4OS.HI/c1-15(12-16-8-7-11-25-16)13-21-18(20-2)22-14-19(9-5-6-10-19)17(24)23(3)4;/h7-8,11,15H,5-6,9-10,12-14H2,1-4H3,(H2,20,21,22);1H. The Morgan fingerprint density at radius 2 is 2.04 bits per heavy atom. The van der Waals surface area contributed by atoms with Crippen molar-refractivity contribution in [2.45, 2.75) is 39.0 Å². The molecular formula is C19H33IN4OS. The Hall–Kier alpha value is -0.830. The molecule has 1 aromatic rings. The van der Waals surface area contributed by atoms with Crippen LogP contribution in [0.2, 0.25) is 0 Å². The Balaban J connectivity index is 0.00000338. The molecule has 5 nitrogen and oxygen atoms in total. The van der Waals surface area contributed by atoms with Crippen molar-refractivity contribution in [3.05, 3.63) is 22.4 Å². The first-order valence-corrected chi connectivity index (χ1v) is 10.0. The van der Waals surface area contributed by atoms with E-state index >= 15 is 0 Å². The van der Waals surface area contributed by atoms with E-state index in [-0.39, 0.29) is 35.3 Å². The van der Waals surface area contributed by atoms with E-state index in [1.165, 1.54) is 4.88 Å². The van der Waals surface area contributed by atoms with Gasteiger partial charge in [0, 0.05) is 39.1 Å².